The van der Waals surface area contributed by atoms with E-state index in [1.54, 1.807) is 0 Å². The predicted molar refractivity (Wildman–Crippen MR) is 64.9 cm³/mol. The number of rotatable bonds is 3. The molecule has 5 heteroatoms. The van der Waals surface area contributed by atoms with Crippen molar-refractivity contribution >= 4 is 21.6 Å². The van der Waals surface area contributed by atoms with E-state index in [9.17, 15) is 8.42 Å². The van der Waals surface area contributed by atoms with E-state index in [4.69, 9.17) is 16.7 Å². The zero-order chi connectivity index (χ0) is 11.8. The lowest BCUT2D eigenvalue weighted by Crippen LogP contribution is -2.31. The van der Waals surface area contributed by atoms with Gasteiger partial charge in [-0.1, -0.05) is 23.7 Å². The van der Waals surface area contributed by atoms with Crippen LogP contribution in [0.5, 0.6) is 0 Å². The summed E-state index contributed by atoms with van der Waals surface area (Å²) in [5.41, 5.74) is 1.23. The Kier molecular flexibility index (Phi) is 3.24. The Bertz CT molecular complexity index is 463. The van der Waals surface area contributed by atoms with Gasteiger partial charge in [-0.05, 0) is 42.4 Å². The molecule has 0 unspecified atom stereocenters. The molecule has 0 saturated heterocycles. The van der Waals surface area contributed by atoms with Crippen LogP contribution in [0, 0.1) is 5.92 Å². The zero-order valence-electron chi connectivity index (χ0n) is 8.77. The molecule has 1 fully saturated rings. The second kappa shape index (κ2) is 4.35. The first-order valence-electron chi connectivity index (χ1n) is 5.20. The van der Waals surface area contributed by atoms with Crippen molar-refractivity contribution in [1.29, 1.82) is 0 Å². The Hall–Kier alpha value is -0.580. The average Bonchev–Trinajstić information content (AvgIpc) is 2.11. The van der Waals surface area contributed by atoms with Crippen molar-refractivity contribution in [1.82, 2.24) is 0 Å². The number of hydrogen-bond donors (Lipinski definition) is 1. The number of benzene rings is 1. The highest BCUT2D eigenvalue weighted by Gasteiger charge is 2.32. The van der Waals surface area contributed by atoms with Gasteiger partial charge in [-0.15, -0.1) is 0 Å². The van der Waals surface area contributed by atoms with Gasteiger partial charge in [0.25, 0.3) is 0 Å². The molecule has 0 amide bonds. The first-order chi connectivity index (χ1) is 7.44. The summed E-state index contributed by atoms with van der Waals surface area (Å²) in [4.78, 5) is 0. The monoisotopic (exact) mass is 259 g/mol. The summed E-state index contributed by atoms with van der Waals surface area (Å²) in [5, 5.41) is 5.73. The zero-order valence-corrected chi connectivity index (χ0v) is 10.3. The van der Waals surface area contributed by atoms with Crippen LogP contribution in [0.25, 0.3) is 0 Å². The molecule has 3 nitrogen and oxygen atoms in total. The molecule has 0 aromatic heterocycles. The third-order valence-corrected chi connectivity index (χ3v) is 4.23. The maximum Gasteiger partial charge on any atom is 0.209 e. The summed E-state index contributed by atoms with van der Waals surface area (Å²) >= 11 is 5.80. The second-order valence-corrected chi connectivity index (χ2v) is 6.51. The molecule has 1 saturated carbocycles. The lowest BCUT2D eigenvalue weighted by atomic mass is 9.72. The van der Waals surface area contributed by atoms with E-state index in [1.165, 1.54) is 5.56 Å². The molecule has 0 aliphatic heterocycles. The summed E-state index contributed by atoms with van der Waals surface area (Å²) in [6.07, 6.45) is 1.80. The van der Waals surface area contributed by atoms with Crippen molar-refractivity contribution < 1.29 is 8.42 Å². The van der Waals surface area contributed by atoms with Crippen LogP contribution in [-0.4, -0.2) is 14.2 Å². The Morgan fingerprint density at radius 2 is 1.81 bits per heavy atom. The third-order valence-electron chi connectivity index (χ3n) is 3.05. The van der Waals surface area contributed by atoms with Gasteiger partial charge in [0.15, 0.2) is 0 Å². The summed E-state index contributed by atoms with van der Waals surface area (Å²) in [6.45, 7) is 0. The predicted octanol–water partition coefficient (Wildman–Crippen LogP) is 2.12. The van der Waals surface area contributed by atoms with Crippen molar-refractivity contribution in [3.8, 4) is 0 Å². The van der Waals surface area contributed by atoms with Crippen molar-refractivity contribution in [2.24, 2.45) is 11.1 Å². The van der Waals surface area contributed by atoms with Crippen LogP contribution in [0.1, 0.15) is 24.3 Å². The lowest BCUT2D eigenvalue weighted by Gasteiger charge is -2.35. The van der Waals surface area contributed by atoms with Crippen LogP contribution in [0.3, 0.4) is 0 Å². The van der Waals surface area contributed by atoms with Crippen molar-refractivity contribution in [3.63, 3.8) is 0 Å². The van der Waals surface area contributed by atoms with Gasteiger partial charge in [-0.2, -0.15) is 0 Å². The molecule has 0 bridgehead atoms. The number of nitrogens with two attached hydrogens (primary N) is 1. The van der Waals surface area contributed by atoms with Crippen LogP contribution < -0.4 is 5.14 Å². The largest absolute Gasteiger partial charge is 0.229 e. The standard InChI is InChI=1S/C11H14ClNO2S/c12-11-3-1-9(2-4-11)10-5-8(6-10)7-16(13,14)15/h1-4,8,10H,5-7H2,(H2,13,14,15). The molecule has 1 aliphatic carbocycles. The molecule has 1 aliphatic rings. The van der Waals surface area contributed by atoms with Gasteiger partial charge in [0.1, 0.15) is 0 Å². The fourth-order valence-electron chi connectivity index (χ4n) is 2.21. The minimum Gasteiger partial charge on any atom is -0.229 e. The molecular formula is C11H14ClNO2S. The van der Waals surface area contributed by atoms with E-state index in [1.807, 2.05) is 24.3 Å². The van der Waals surface area contributed by atoms with Crippen LogP contribution in [0.2, 0.25) is 5.02 Å². The minimum absolute atomic E-state index is 0.108. The van der Waals surface area contributed by atoms with Crippen LogP contribution in [-0.2, 0) is 10.0 Å². The fourth-order valence-corrected chi connectivity index (χ4v) is 3.26. The Balaban J connectivity index is 1.91. The van der Waals surface area contributed by atoms with E-state index < -0.39 is 10.0 Å². The minimum atomic E-state index is -3.32. The summed E-state index contributed by atoms with van der Waals surface area (Å²) in [6, 6.07) is 7.73. The van der Waals surface area contributed by atoms with Gasteiger partial charge >= 0.3 is 0 Å². The maximum atomic E-state index is 10.9. The molecule has 0 radical (unpaired) electrons. The van der Waals surface area contributed by atoms with Gasteiger partial charge in [0.05, 0.1) is 5.75 Å². The number of primary sulfonamides is 1. The topological polar surface area (TPSA) is 60.2 Å². The normalized spacial score (nSPS) is 25.1. The second-order valence-electron chi connectivity index (χ2n) is 4.42. The SMILES string of the molecule is NS(=O)(=O)CC1CC(c2ccc(Cl)cc2)C1. The van der Waals surface area contributed by atoms with E-state index in [2.05, 4.69) is 0 Å². The van der Waals surface area contributed by atoms with Gasteiger partial charge in [0, 0.05) is 5.02 Å². The van der Waals surface area contributed by atoms with E-state index in [0.29, 0.717) is 5.92 Å². The molecular weight excluding hydrogens is 246 g/mol. The van der Waals surface area contributed by atoms with E-state index in [0.717, 1.165) is 17.9 Å². The summed E-state index contributed by atoms with van der Waals surface area (Å²) < 4.78 is 21.8. The molecule has 2 rings (SSSR count). The number of sulfonamides is 1. The average molecular weight is 260 g/mol. The van der Waals surface area contributed by atoms with Crippen molar-refractivity contribution in [2.75, 3.05) is 5.75 Å². The molecule has 1 aromatic carbocycles. The lowest BCUT2D eigenvalue weighted by molar-refractivity contribution is 0.290. The summed E-state index contributed by atoms with van der Waals surface area (Å²) in [5.74, 6) is 0.788. The molecule has 0 spiro atoms. The summed E-state index contributed by atoms with van der Waals surface area (Å²) in [7, 11) is -3.32. The van der Waals surface area contributed by atoms with Crippen LogP contribution >= 0.6 is 11.6 Å². The molecule has 0 heterocycles. The molecule has 2 N–H and O–H groups in total. The first kappa shape index (κ1) is 11.9. The highest BCUT2D eigenvalue weighted by atomic mass is 35.5. The molecule has 16 heavy (non-hydrogen) atoms. The Morgan fingerprint density at radius 1 is 1.25 bits per heavy atom. The van der Waals surface area contributed by atoms with Gasteiger partial charge in [-0.25, -0.2) is 13.6 Å². The molecule has 0 atom stereocenters. The smallest absolute Gasteiger partial charge is 0.209 e. The van der Waals surface area contributed by atoms with Gasteiger partial charge < -0.3 is 0 Å². The van der Waals surface area contributed by atoms with Crippen LogP contribution in [0.15, 0.2) is 24.3 Å². The number of hydrogen-bond acceptors (Lipinski definition) is 2. The molecule has 1 aromatic rings. The van der Waals surface area contributed by atoms with E-state index in [-0.39, 0.29) is 11.7 Å². The third kappa shape index (κ3) is 2.97. The van der Waals surface area contributed by atoms with Crippen molar-refractivity contribution in [3.05, 3.63) is 34.9 Å². The quantitative estimate of drug-likeness (QED) is 0.904. The highest BCUT2D eigenvalue weighted by Crippen LogP contribution is 2.42. The maximum absolute atomic E-state index is 10.9. The van der Waals surface area contributed by atoms with E-state index >= 15 is 0 Å². The fraction of sp³-hybridized carbons (Fsp3) is 0.455. The van der Waals surface area contributed by atoms with Gasteiger partial charge in [0.2, 0.25) is 10.0 Å². The Morgan fingerprint density at radius 3 is 2.31 bits per heavy atom. The Labute approximate surface area is 101 Å². The first-order valence-corrected chi connectivity index (χ1v) is 7.29. The van der Waals surface area contributed by atoms with Crippen LogP contribution in [0.4, 0.5) is 0 Å². The number of halogens is 1. The van der Waals surface area contributed by atoms with Crippen molar-refractivity contribution in [2.45, 2.75) is 18.8 Å². The van der Waals surface area contributed by atoms with Gasteiger partial charge in [-0.3, -0.25) is 0 Å². The molecule has 88 valence electrons. The highest BCUT2D eigenvalue weighted by molar-refractivity contribution is 7.89.